The summed E-state index contributed by atoms with van der Waals surface area (Å²) < 4.78 is 32.1. The van der Waals surface area contributed by atoms with Crippen LogP contribution in [0, 0.1) is 19.8 Å². The van der Waals surface area contributed by atoms with E-state index in [-0.39, 0.29) is 16.5 Å². The summed E-state index contributed by atoms with van der Waals surface area (Å²) in [4.78, 5) is 4.18. The first-order valence-electron chi connectivity index (χ1n) is 7.45. The van der Waals surface area contributed by atoms with Crippen molar-refractivity contribution in [2.24, 2.45) is 5.92 Å². The monoisotopic (exact) mass is 338 g/mol. The molecule has 0 bridgehead atoms. The van der Waals surface area contributed by atoms with Gasteiger partial charge in [-0.05, 0) is 38.3 Å². The molecule has 2 aromatic heterocycles. The Kier molecular flexibility index (Phi) is 5.25. The van der Waals surface area contributed by atoms with Crippen LogP contribution in [0.25, 0.3) is 0 Å². The molecule has 0 aliphatic rings. The summed E-state index contributed by atoms with van der Waals surface area (Å²) in [5, 5.41) is 6.91. The molecule has 126 valence electrons. The highest BCUT2D eigenvalue weighted by atomic mass is 32.2. The Morgan fingerprint density at radius 1 is 1.26 bits per heavy atom. The summed E-state index contributed by atoms with van der Waals surface area (Å²) in [6.07, 6.45) is 2.66. The lowest BCUT2D eigenvalue weighted by atomic mass is 10.1. The molecule has 0 aliphatic heterocycles. The number of nitrogens with zero attached hydrogens (tertiary/aromatic N) is 2. The number of hydrogen-bond donors (Lipinski definition) is 2. The zero-order valence-electron chi connectivity index (χ0n) is 13.8. The van der Waals surface area contributed by atoms with Gasteiger partial charge in [0.15, 0.2) is 10.7 Å². The van der Waals surface area contributed by atoms with Crippen molar-refractivity contribution >= 4 is 21.5 Å². The first-order chi connectivity index (χ1) is 10.8. The number of rotatable bonds is 7. The van der Waals surface area contributed by atoms with Crippen LogP contribution in [0.5, 0.6) is 0 Å². The molecule has 0 aliphatic carbocycles. The lowest BCUT2D eigenvalue weighted by Crippen LogP contribution is -2.15. The smallest absolute Gasteiger partial charge is 0.268 e. The van der Waals surface area contributed by atoms with Crippen LogP contribution >= 0.6 is 0 Å². The van der Waals surface area contributed by atoms with Gasteiger partial charge in [0.1, 0.15) is 11.5 Å². The van der Waals surface area contributed by atoms with Crippen LogP contribution in [0.3, 0.4) is 0 Å². The molecule has 0 aromatic carbocycles. The molecule has 7 nitrogen and oxygen atoms in total. The highest BCUT2D eigenvalue weighted by molar-refractivity contribution is 7.92. The van der Waals surface area contributed by atoms with Crippen molar-refractivity contribution in [2.45, 2.75) is 39.0 Å². The van der Waals surface area contributed by atoms with Crippen molar-refractivity contribution < 1.29 is 12.9 Å². The van der Waals surface area contributed by atoms with E-state index in [0.29, 0.717) is 11.6 Å². The van der Waals surface area contributed by atoms with Crippen LogP contribution in [-0.4, -0.2) is 25.1 Å². The molecule has 0 radical (unpaired) electrons. The van der Waals surface area contributed by atoms with Crippen molar-refractivity contribution in [1.29, 1.82) is 0 Å². The van der Waals surface area contributed by atoms with Crippen molar-refractivity contribution in [3.8, 4) is 0 Å². The Balaban J connectivity index is 2.06. The largest absolute Gasteiger partial charge is 0.384 e. The van der Waals surface area contributed by atoms with E-state index in [1.807, 2.05) is 0 Å². The van der Waals surface area contributed by atoms with Gasteiger partial charge in [-0.25, -0.2) is 13.4 Å². The van der Waals surface area contributed by atoms with E-state index in [9.17, 15) is 8.42 Å². The normalized spacial score (nSPS) is 11.7. The van der Waals surface area contributed by atoms with Gasteiger partial charge >= 0.3 is 0 Å². The minimum Gasteiger partial charge on any atom is -0.384 e. The van der Waals surface area contributed by atoms with Crippen LogP contribution in [0.15, 0.2) is 27.7 Å². The molecule has 0 saturated heterocycles. The summed E-state index contributed by atoms with van der Waals surface area (Å²) in [6, 6.07) is 3.41. The fourth-order valence-electron chi connectivity index (χ4n) is 2.11. The van der Waals surface area contributed by atoms with Crippen LogP contribution in [0.1, 0.15) is 31.7 Å². The molecule has 2 heterocycles. The zero-order valence-corrected chi connectivity index (χ0v) is 14.6. The average molecular weight is 338 g/mol. The van der Waals surface area contributed by atoms with E-state index in [4.69, 9.17) is 4.52 Å². The summed E-state index contributed by atoms with van der Waals surface area (Å²) in [7, 11) is -3.76. The van der Waals surface area contributed by atoms with Gasteiger partial charge in [0.25, 0.3) is 10.0 Å². The lowest BCUT2D eigenvalue weighted by molar-refractivity contribution is 0.390. The highest BCUT2D eigenvalue weighted by Gasteiger charge is 2.24. The maximum absolute atomic E-state index is 12.4. The maximum atomic E-state index is 12.4. The van der Waals surface area contributed by atoms with E-state index >= 15 is 0 Å². The van der Waals surface area contributed by atoms with E-state index < -0.39 is 10.0 Å². The van der Waals surface area contributed by atoms with Crippen LogP contribution in [0.2, 0.25) is 0 Å². The predicted molar refractivity (Wildman–Crippen MR) is 89.0 cm³/mol. The molecule has 0 amide bonds. The van der Waals surface area contributed by atoms with Gasteiger partial charge in [-0.2, -0.15) is 0 Å². The van der Waals surface area contributed by atoms with E-state index in [2.05, 4.69) is 34.0 Å². The predicted octanol–water partition coefficient (Wildman–Crippen LogP) is 2.95. The number of anilines is 2. The fraction of sp³-hybridized carbons (Fsp3) is 0.467. The van der Waals surface area contributed by atoms with Crippen molar-refractivity contribution in [3.63, 3.8) is 0 Å². The highest BCUT2D eigenvalue weighted by Crippen LogP contribution is 2.22. The molecule has 23 heavy (non-hydrogen) atoms. The van der Waals surface area contributed by atoms with Gasteiger partial charge in [-0.3, -0.25) is 4.72 Å². The summed E-state index contributed by atoms with van der Waals surface area (Å²) in [6.45, 7) is 8.31. The fourth-order valence-corrected chi connectivity index (χ4v) is 3.45. The van der Waals surface area contributed by atoms with Crippen molar-refractivity contribution in [2.75, 3.05) is 16.6 Å². The number of aromatic nitrogens is 2. The minimum atomic E-state index is -3.76. The molecule has 2 rings (SSSR count). The topological polar surface area (TPSA) is 97.1 Å². The Morgan fingerprint density at radius 3 is 2.52 bits per heavy atom. The molecule has 0 saturated carbocycles. The third-order valence-electron chi connectivity index (χ3n) is 3.29. The van der Waals surface area contributed by atoms with Gasteiger partial charge in [0, 0.05) is 6.54 Å². The van der Waals surface area contributed by atoms with E-state index in [0.717, 1.165) is 18.7 Å². The van der Waals surface area contributed by atoms with E-state index in [1.165, 1.54) is 0 Å². The first kappa shape index (κ1) is 17.3. The van der Waals surface area contributed by atoms with Crippen LogP contribution < -0.4 is 10.0 Å². The molecule has 2 aromatic rings. The molecule has 0 fully saturated rings. The molecule has 0 unspecified atom stereocenters. The van der Waals surface area contributed by atoms with Gasteiger partial charge < -0.3 is 9.84 Å². The van der Waals surface area contributed by atoms with Gasteiger partial charge in [0.2, 0.25) is 0 Å². The molecule has 8 heteroatoms. The lowest BCUT2D eigenvalue weighted by Gasteiger charge is -2.10. The summed E-state index contributed by atoms with van der Waals surface area (Å²) in [5.41, 5.74) is 1.17. The molecular weight excluding hydrogens is 316 g/mol. The number of nitrogens with one attached hydrogen (secondary N) is 2. The number of aryl methyl sites for hydroxylation is 2. The first-order valence-corrected chi connectivity index (χ1v) is 8.93. The third-order valence-corrected chi connectivity index (χ3v) is 4.89. The quantitative estimate of drug-likeness (QED) is 0.805. The third kappa shape index (κ3) is 4.44. The standard InChI is InChI=1S/C15H22N4O3S/c1-10(2)7-8-16-13-5-6-14(17-9-13)19-23(20,21)15-11(3)18-22-12(15)4/h5-6,9-10,16H,7-8H2,1-4H3,(H,17,19). The summed E-state index contributed by atoms with van der Waals surface area (Å²) >= 11 is 0. The van der Waals surface area contributed by atoms with Gasteiger partial charge in [-0.15, -0.1) is 0 Å². The Morgan fingerprint density at radius 2 is 2.00 bits per heavy atom. The SMILES string of the molecule is Cc1noc(C)c1S(=O)(=O)Nc1ccc(NCCC(C)C)cn1. The number of sulfonamides is 1. The number of hydrogen-bond acceptors (Lipinski definition) is 6. The molecular formula is C15H22N4O3S. The molecule has 0 atom stereocenters. The second-order valence-electron chi connectivity index (χ2n) is 5.80. The van der Waals surface area contributed by atoms with Gasteiger partial charge in [0.05, 0.1) is 11.9 Å². The van der Waals surface area contributed by atoms with Gasteiger partial charge in [-0.1, -0.05) is 19.0 Å². The van der Waals surface area contributed by atoms with Crippen molar-refractivity contribution in [3.05, 3.63) is 29.8 Å². The average Bonchev–Trinajstić information content (AvgIpc) is 2.80. The summed E-state index contributed by atoms with van der Waals surface area (Å²) in [5.74, 6) is 1.12. The molecule has 2 N–H and O–H groups in total. The molecule has 0 spiro atoms. The minimum absolute atomic E-state index is 0.0541. The van der Waals surface area contributed by atoms with Crippen molar-refractivity contribution in [1.82, 2.24) is 10.1 Å². The second-order valence-corrected chi connectivity index (χ2v) is 7.42. The van der Waals surface area contributed by atoms with Crippen LogP contribution in [0.4, 0.5) is 11.5 Å². The second kappa shape index (κ2) is 6.99. The Labute approximate surface area is 136 Å². The number of pyridine rings is 1. The Bertz CT molecular complexity index is 732. The zero-order chi connectivity index (χ0) is 17.0. The maximum Gasteiger partial charge on any atom is 0.268 e. The Hall–Kier alpha value is -2.09. The van der Waals surface area contributed by atoms with Crippen LogP contribution in [-0.2, 0) is 10.0 Å². The van der Waals surface area contributed by atoms with E-state index in [1.54, 1.807) is 32.2 Å².